The number of alkyl halides is 10. The summed E-state index contributed by atoms with van der Waals surface area (Å²) in [6.45, 7) is -4.53. The van der Waals surface area contributed by atoms with E-state index < -0.39 is 31.0 Å². The summed E-state index contributed by atoms with van der Waals surface area (Å²) < 4.78 is 119. The molecule has 0 aromatic heterocycles. The minimum Gasteiger partial charge on any atom is -0.253 e. The van der Waals surface area contributed by atoms with Crippen molar-refractivity contribution in [2.45, 2.75) is 31.0 Å². The van der Waals surface area contributed by atoms with Gasteiger partial charge in [-0.25, -0.2) is 8.78 Å². The second kappa shape index (κ2) is 4.26. The number of ether oxygens (including phenoxy) is 1. The fraction of sp³-hybridized carbons (Fsp3) is 1.00. The van der Waals surface area contributed by atoms with E-state index in [0.717, 1.165) is 0 Å². The third-order valence-electron chi connectivity index (χ3n) is 1.30. The molecule has 0 aromatic rings. The highest BCUT2D eigenvalue weighted by atomic mass is 19.4. The molecule has 0 saturated heterocycles. The van der Waals surface area contributed by atoms with Gasteiger partial charge in [-0.15, -0.1) is 0 Å². The molecule has 0 aliphatic rings. The van der Waals surface area contributed by atoms with Gasteiger partial charge in [0.25, 0.3) is 0 Å². The van der Waals surface area contributed by atoms with E-state index in [0.29, 0.717) is 0 Å². The first kappa shape index (κ1) is 15.3. The van der Waals surface area contributed by atoms with Gasteiger partial charge < -0.3 is 0 Å². The molecule has 98 valence electrons. The van der Waals surface area contributed by atoms with Gasteiger partial charge in [0.2, 0.25) is 0 Å². The Balaban J connectivity index is 5.17. The molecule has 0 fully saturated rings. The van der Waals surface area contributed by atoms with Crippen LogP contribution >= 0.6 is 0 Å². The van der Waals surface area contributed by atoms with Crippen LogP contribution in [0.25, 0.3) is 0 Å². The van der Waals surface area contributed by atoms with Crippen molar-refractivity contribution < 1.29 is 48.6 Å². The highest BCUT2D eigenvalue weighted by Crippen LogP contribution is 2.49. The summed E-state index contributed by atoms with van der Waals surface area (Å²) in [5.74, 6) is -13.3. The molecule has 0 saturated carbocycles. The van der Waals surface area contributed by atoms with Crippen molar-refractivity contribution in [2.24, 2.45) is 0 Å². The largest absolute Gasteiger partial charge is 0.430 e. The summed E-state index contributed by atoms with van der Waals surface area (Å²) in [7, 11) is 0. The molecule has 0 spiro atoms. The van der Waals surface area contributed by atoms with Crippen LogP contribution in [0.2, 0.25) is 0 Å². The van der Waals surface area contributed by atoms with E-state index in [1.54, 1.807) is 0 Å². The standard InChI is InChI=1S/C5H2F10O/c6-1(7)3(10,11)4(12,13)5(14,15)16-2(8)9/h1-2H. The number of hydrogen-bond donors (Lipinski definition) is 0. The van der Waals surface area contributed by atoms with Crippen molar-refractivity contribution in [3.05, 3.63) is 0 Å². The Kier molecular flexibility index (Phi) is 4.06. The van der Waals surface area contributed by atoms with E-state index >= 15 is 0 Å². The molecule has 0 N–H and O–H groups in total. The van der Waals surface area contributed by atoms with Crippen LogP contribution in [0.15, 0.2) is 0 Å². The summed E-state index contributed by atoms with van der Waals surface area (Å²) >= 11 is 0. The second-order valence-electron chi connectivity index (χ2n) is 2.39. The van der Waals surface area contributed by atoms with Gasteiger partial charge in [0.1, 0.15) is 0 Å². The normalized spacial score (nSPS) is 15.0. The number of rotatable bonds is 5. The average molecular weight is 268 g/mol. The molecule has 0 atom stereocenters. The highest BCUT2D eigenvalue weighted by Gasteiger charge is 2.77. The predicted molar refractivity (Wildman–Crippen MR) is 27.9 cm³/mol. The number of halogens is 10. The van der Waals surface area contributed by atoms with Crippen molar-refractivity contribution in [1.29, 1.82) is 0 Å². The van der Waals surface area contributed by atoms with Crippen molar-refractivity contribution in [2.75, 3.05) is 0 Å². The smallest absolute Gasteiger partial charge is 0.253 e. The number of hydrogen-bond acceptors (Lipinski definition) is 1. The van der Waals surface area contributed by atoms with Crippen LogP contribution < -0.4 is 0 Å². The van der Waals surface area contributed by atoms with Gasteiger partial charge in [-0.2, -0.15) is 35.1 Å². The van der Waals surface area contributed by atoms with Gasteiger partial charge >= 0.3 is 31.0 Å². The van der Waals surface area contributed by atoms with E-state index in [-0.39, 0.29) is 0 Å². The van der Waals surface area contributed by atoms with Gasteiger partial charge in [-0.1, -0.05) is 0 Å². The summed E-state index contributed by atoms with van der Waals surface area (Å²) in [5.41, 5.74) is 0. The van der Waals surface area contributed by atoms with Crippen LogP contribution in [0.1, 0.15) is 0 Å². The molecule has 0 heterocycles. The van der Waals surface area contributed by atoms with Crippen LogP contribution in [0, 0.1) is 0 Å². The Hall–Kier alpha value is -0.740. The quantitative estimate of drug-likeness (QED) is 0.695. The first-order valence-corrected chi connectivity index (χ1v) is 3.24. The monoisotopic (exact) mass is 268 g/mol. The first-order chi connectivity index (χ1) is 6.86. The zero-order valence-electron chi connectivity index (χ0n) is 6.84. The van der Waals surface area contributed by atoms with Gasteiger partial charge in [0.05, 0.1) is 0 Å². The van der Waals surface area contributed by atoms with Crippen LogP contribution in [-0.2, 0) is 4.74 Å². The molecular formula is C5H2F10O. The molecule has 0 aliphatic heterocycles. The molecule has 0 rings (SSSR count). The van der Waals surface area contributed by atoms with Gasteiger partial charge in [-0.05, 0) is 0 Å². The Morgan fingerprint density at radius 2 is 1.12 bits per heavy atom. The summed E-state index contributed by atoms with van der Waals surface area (Å²) in [4.78, 5) is 0. The van der Waals surface area contributed by atoms with Crippen LogP contribution in [0.3, 0.4) is 0 Å². The molecule has 1 nitrogen and oxygen atoms in total. The minimum absolute atomic E-state index is 1.91. The molecule has 0 amide bonds. The maximum atomic E-state index is 12.2. The lowest BCUT2D eigenvalue weighted by molar-refractivity contribution is -0.440. The van der Waals surface area contributed by atoms with E-state index in [1.807, 2.05) is 4.74 Å². The zero-order valence-corrected chi connectivity index (χ0v) is 6.84. The Morgan fingerprint density at radius 1 is 0.750 bits per heavy atom. The van der Waals surface area contributed by atoms with E-state index in [2.05, 4.69) is 0 Å². The average Bonchev–Trinajstić information content (AvgIpc) is 2.00. The SMILES string of the molecule is FC(F)OC(F)(F)C(F)(F)C(F)(F)C(F)F. The third-order valence-corrected chi connectivity index (χ3v) is 1.30. The molecule has 0 aromatic carbocycles. The second-order valence-corrected chi connectivity index (χ2v) is 2.39. The van der Waals surface area contributed by atoms with Crippen molar-refractivity contribution in [1.82, 2.24) is 0 Å². The maximum Gasteiger partial charge on any atom is 0.430 e. The van der Waals surface area contributed by atoms with Crippen molar-refractivity contribution in [3.63, 3.8) is 0 Å². The third kappa shape index (κ3) is 2.50. The van der Waals surface area contributed by atoms with E-state index in [4.69, 9.17) is 0 Å². The Morgan fingerprint density at radius 3 is 1.38 bits per heavy atom. The fourth-order valence-electron chi connectivity index (χ4n) is 0.517. The summed E-state index contributed by atoms with van der Waals surface area (Å²) in [5, 5.41) is 0. The molecule has 0 unspecified atom stereocenters. The van der Waals surface area contributed by atoms with E-state index in [1.165, 1.54) is 0 Å². The van der Waals surface area contributed by atoms with Crippen LogP contribution in [-0.4, -0.2) is 31.0 Å². The molecular weight excluding hydrogens is 266 g/mol. The highest BCUT2D eigenvalue weighted by molar-refractivity contribution is 4.93. The molecule has 16 heavy (non-hydrogen) atoms. The zero-order chi connectivity index (χ0) is 13.4. The first-order valence-electron chi connectivity index (χ1n) is 3.24. The summed E-state index contributed by atoms with van der Waals surface area (Å²) in [6.07, 6.45) is -11.6. The minimum atomic E-state index is -6.77. The van der Waals surface area contributed by atoms with Gasteiger partial charge in [0, 0.05) is 0 Å². The molecule has 0 radical (unpaired) electrons. The van der Waals surface area contributed by atoms with E-state index in [9.17, 15) is 43.9 Å². The molecule has 11 heteroatoms. The van der Waals surface area contributed by atoms with Gasteiger partial charge in [0.15, 0.2) is 0 Å². The Labute approximate surface area is 81.0 Å². The maximum absolute atomic E-state index is 12.2. The Bertz CT molecular complexity index is 235. The van der Waals surface area contributed by atoms with Crippen molar-refractivity contribution in [3.8, 4) is 0 Å². The van der Waals surface area contributed by atoms with Crippen LogP contribution in [0.5, 0.6) is 0 Å². The molecule has 0 aliphatic carbocycles. The lowest BCUT2D eigenvalue weighted by Crippen LogP contribution is -2.58. The molecule has 0 bridgehead atoms. The van der Waals surface area contributed by atoms with Crippen molar-refractivity contribution >= 4 is 0 Å². The predicted octanol–water partition coefficient (Wildman–Crippen LogP) is 3.35. The summed E-state index contributed by atoms with van der Waals surface area (Å²) in [6, 6.07) is 0. The van der Waals surface area contributed by atoms with Crippen LogP contribution in [0.4, 0.5) is 43.9 Å². The topological polar surface area (TPSA) is 9.23 Å². The lowest BCUT2D eigenvalue weighted by atomic mass is 10.1. The lowest BCUT2D eigenvalue weighted by Gasteiger charge is -2.31. The van der Waals surface area contributed by atoms with Gasteiger partial charge in [-0.3, -0.25) is 4.74 Å². The fourth-order valence-corrected chi connectivity index (χ4v) is 0.517.